The van der Waals surface area contributed by atoms with Gasteiger partial charge in [-0.2, -0.15) is 0 Å². The Bertz CT molecular complexity index is 1020. The highest BCUT2D eigenvalue weighted by Crippen LogP contribution is 2.40. The summed E-state index contributed by atoms with van der Waals surface area (Å²) in [4.78, 5) is 23.7. The number of nitrogens with one attached hydrogen (secondary N) is 1. The second-order valence-corrected chi connectivity index (χ2v) is 8.39. The van der Waals surface area contributed by atoms with E-state index < -0.39 is 5.60 Å². The maximum absolute atomic E-state index is 11.0. The number of fused-ring (bicyclic) bond motifs is 1. The molecule has 8 nitrogen and oxygen atoms in total. The van der Waals surface area contributed by atoms with Crippen LogP contribution in [0.25, 0.3) is 10.2 Å². The van der Waals surface area contributed by atoms with E-state index in [0.29, 0.717) is 27.2 Å². The number of benzene rings is 1. The fourth-order valence-electron chi connectivity index (χ4n) is 2.43. The van der Waals surface area contributed by atoms with E-state index in [1.165, 1.54) is 30.7 Å². The third-order valence-electron chi connectivity index (χ3n) is 3.73. The summed E-state index contributed by atoms with van der Waals surface area (Å²) >= 11 is 7.78. The van der Waals surface area contributed by atoms with Crippen LogP contribution in [0.4, 0.5) is 0 Å². The quantitative estimate of drug-likeness (QED) is 0.582. The van der Waals surface area contributed by atoms with Crippen LogP contribution in [0.2, 0.25) is 5.02 Å². The number of carbonyl (C=O) groups is 1. The van der Waals surface area contributed by atoms with Crippen molar-refractivity contribution in [3.63, 3.8) is 0 Å². The number of nitrogens with zero attached hydrogens (tertiary/aromatic N) is 3. The van der Waals surface area contributed by atoms with Crippen molar-refractivity contribution in [2.24, 2.45) is 0 Å². The van der Waals surface area contributed by atoms with Gasteiger partial charge in [-0.3, -0.25) is 4.79 Å². The average molecular weight is 437 g/mol. The molecule has 10 heteroatoms. The summed E-state index contributed by atoms with van der Waals surface area (Å²) in [5.41, 5.74) is -0.361. The van der Waals surface area contributed by atoms with Gasteiger partial charge in [0.1, 0.15) is 28.0 Å². The Morgan fingerprint density at radius 1 is 1.31 bits per heavy atom. The minimum Gasteiger partial charge on any atom is -0.474 e. The van der Waals surface area contributed by atoms with Gasteiger partial charge in [-0.25, -0.2) is 15.0 Å². The lowest BCUT2D eigenvalue weighted by molar-refractivity contribution is -0.119. The summed E-state index contributed by atoms with van der Waals surface area (Å²) < 4.78 is 12.0. The Kier molecular flexibility index (Phi) is 6.21. The summed E-state index contributed by atoms with van der Waals surface area (Å²) in [7, 11) is 0. The van der Waals surface area contributed by atoms with Crippen molar-refractivity contribution >= 4 is 39.1 Å². The lowest BCUT2D eigenvalue weighted by Crippen LogP contribution is -2.35. The van der Waals surface area contributed by atoms with Crippen LogP contribution in [0.5, 0.6) is 17.5 Å². The first-order chi connectivity index (χ1) is 13.6. The third kappa shape index (κ3) is 5.31. The van der Waals surface area contributed by atoms with Crippen LogP contribution in [0.1, 0.15) is 32.7 Å². The molecule has 1 amide bonds. The molecule has 0 aliphatic carbocycles. The summed E-state index contributed by atoms with van der Waals surface area (Å²) in [5.74, 6) is 0.849. The molecule has 0 fully saturated rings. The Labute approximate surface area is 176 Å². The van der Waals surface area contributed by atoms with Gasteiger partial charge in [-0.1, -0.05) is 11.6 Å². The lowest BCUT2D eigenvalue weighted by Gasteiger charge is -2.13. The molecule has 2 N–H and O–H groups in total. The highest BCUT2D eigenvalue weighted by atomic mass is 35.5. The first-order valence-corrected chi connectivity index (χ1v) is 10.0. The summed E-state index contributed by atoms with van der Waals surface area (Å²) in [6, 6.07) is 3.32. The SMILES string of the molecule is CC(=O)NC(C)COc1cnc(Oc2ccc3nc(C(C)(C)O)sc3c2Cl)cn1. The molecule has 0 aliphatic rings. The molecule has 3 aromatic rings. The first-order valence-electron chi connectivity index (χ1n) is 8.85. The number of aliphatic hydroxyl groups is 1. The maximum Gasteiger partial charge on any atom is 0.238 e. The second kappa shape index (κ2) is 8.48. The van der Waals surface area contributed by atoms with Gasteiger partial charge in [0.25, 0.3) is 0 Å². The van der Waals surface area contributed by atoms with Crippen LogP contribution < -0.4 is 14.8 Å². The average Bonchev–Trinajstić information content (AvgIpc) is 3.08. The Morgan fingerprint density at radius 2 is 2.00 bits per heavy atom. The number of ether oxygens (including phenoxy) is 2. The van der Waals surface area contributed by atoms with E-state index in [1.807, 2.05) is 6.92 Å². The van der Waals surface area contributed by atoms with Crippen molar-refractivity contribution in [2.75, 3.05) is 6.61 Å². The van der Waals surface area contributed by atoms with E-state index in [9.17, 15) is 9.90 Å². The van der Waals surface area contributed by atoms with Gasteiger partial charge < -0.3 is 19.9 Å². The molecule has 0 saturated heterocycles. The van der Waals surface area contributed by atoms with Gasteiger partial charge in [0, 0.05) is 6.92 Å². The highest BCUT2D eigenvalue weighted by molar-refractivity contribution is 7.19. The topological polar surface area (TPSA) is 106 Å². The van der Waals surface area contributed by atoms with E-state index in [0.717, 1.165) is 4.70 Å². The van der Waals surface area contributed by atoms with Crippen LogP contribution in [-0.4, -0.2) is 38.6 Å². The summed E-state index contributed by atoms with van der Waals surface area (Å²) in [6.07, 6.45) is 2.86. The summed E-state index contributed by atoms with van der Waals surface area (Å²) in [6.45, 7) is 6.89. The number of thiazole rings is 1. The number of carbonyl (C=O) groups excluding carboxylic acids is 1. The minimum absolute atomic E-state index is 0.125. The lowest BCUT2D eigenvalue weighted by atomic mass is 10.1. The molecule has 0 saturated carbocycles. The van der Waals surface area contributed by atoms with Crippen molar-refractivity contribution in [3.8, 4) is 17.5 Å². The van der Waals surface area contributed by atoms with Gasteiger partial charge in [0.2, 0.25) is 17.7 Å². The molecule has 0 aliphatic heterocycles. The van der Waals surface area contributed by atoms with Crippen molar-refractivity contribution in [3.05, 3.63) is 34.6 Å². The van der Waals surface area contributed by atoms with Gasteiger partial charge in [-0.05, 0) is 32.9 Å². The third-order valence-corrected chi connectivity index (χ3v) is 5.62. The molecule has 1 aromatic carbocycles. The monoisotopic (exact) mass is 436 g/mol. The van der Waals surface area contributed by atoms with E-state index >= 15 is 0 Å². The van der Waals surface area contributed by atoms with E-state index in [-0.39, 0.29) is 24.4 Å². The van der Waals surface area contributed by atoms with Crippen LogP contribution in [0.15, 0.2) is 24.5 Å². The fraction of sp³-hybridized carbons (Fsp3) is 0.368. The van der Waals surface area contributed by atoms with Crippen molar-refractivity contribution in [1.82, 2.24) is 20.3 Å². The molecule has 0 bridgehead atoms. The van der Waals surface area contributed by atoms with Crippen LogP contribution >= 0.6 is 22.9 Å². The number of rotatable bonds is 7. The van der Waals surface area contributed by atoms with Gasteiger partial charge >= 0.3 is 0 Å². The molecule has 3 rings (SSSR count). The molecular formula is C19H21ClN4O4S. The number of hydrogen-bond acceptors (Lipinski definition) is 8. The minimum atomic E-state index is -1.05. The van der Waals surface area contributed by atoms with Gasteiger partial charge in [0.15, 0.2) is 0 Å². The molecule has 154 valence electrons. The van der Waals surface area contributed by atoms with Crippen molar-refractivity contribution < 1.29 is 19.4 Å². The Morgan fingerprint density at radius 3 is 2.62 bits per heavy atom. The zero-order chi connectivity index (χ0) is 21.2. The molecule has 1 unspecified atom stereocenters. The molecule has 29 heavy (non-hydrogen) atoms. The van der Waals surface area contributed by atoms with E-state index in [4.69, 9.17) is 21.1 Å². The van der Waals surface area contributed by atoms with Crippen molar-refractivity contribution in [1.29, 1.82) is 0 Å². The Balaban J connectivity index is 1.70. The molecule has 2 aromatic heterocycles. The van der Waals surface area contributed by atoms with Crippen LogP contribution in [0.3, 0.4) is 0 Å². The van der Waals surface area contributed by atoms with Crippen LogP contribution in [0, 0.1) is 0 Å². The predicted molar refractivity (Wildman–Crippen MR) is 111 cm³/mol. The number of halogens is 1. The van der Waals surface area contributed by atoms with Gasteiger partial charge in [-0.15, -0.1) is 11.3 Å². The molecule has 0 spiro atoms. The smallest absolute Gasteiger partial charge is 0.238 e. The largest absolute Gasteiger partial charge is 0.474 e. The molecular weight excluding hydrogens is 416 g/mol. The fourth-order valence-corrected chi connectivity index (χ4v) is 3.74. The van der Waals surface area contributed by atoms with E-state index in [2.05, 4.69) is 20.3 Å². The van der Waals surface area contributed by atoms with Gasteiger partial charge in [0.05, 0.1) is 28.7 Å². The molecule has 0 radical (unpaired) electrons. The van der Waals surface area contributed by atoms with Crippen LogP contribution in [-0.2, 0) is 10.4 Å². The predicted octanol–water partition coefficient (Wildman–Crippen LogP) is 3.66. The Hall–Kier alpha value is -2.49. The molecule has 1 atom stereocenters. The van der Waals surface area contributed by atoms with E-state index in [1.54, 1.807) is 26.0 Å². The first kappa shape index (κ1) is 21.2. The summed E-state index contributed by atoms with van der Waals surface area (Å²) in [5, 5.41) is 13.8. The highest BCUT2D eigenvalue weighted by Gasteiger charge is 2.23. The number of amides is 1. The zero-order valence-corrected chi connectivity index (χ0v) is 18.0. The van der Waals surface area contributed by atoms with Crippen molar-refractivity contribution in [2.45, 2.75) is 39.3 Å². The normalized spacial score (nSPS) is 12.6. The zero-order valence-electron chi connectivity index (χ0n) is 16.4. The standard InChI is InChI=1S/C19H21ClN4O4S/c1-10(23-11(2)25)9-27-14-7-22-15(8-21-14)28-13-6-5-12-17(16(13)20)29-18(24-12)19(3,4)26/h5-8,10,26H,9H2,1-4H3,(H,23,25). The molecule has 2 heterocycles. The maximum atomic E-state index is 11.0. The second-order valence-electron chi connectivity index (χ2n) is 7.01. The number of hydrogen-bond donors (Lipinski definition) is 2. The number of aromatic nitrogens is 3.